The van der Waals surface area contributed by atoms with Gasteiger partial charge in [-0.15, -0.1) is 0 Å². The second-order valence-electron chi connectivity index (χ2n) is 7.47. The molecule has 0 aliphatic carbocycles. The first-order valence-electron chi connectivity index (χ1n) is 9.99. The normalized spacial score (nSPS) is 19.2. The Morgan fingerprint density at radius 3 is 2.61 bits per heavy atom. The summed E-state index contributed by atoms with van der Waals surface area (Å²) in [5.74, 6) is 0. The van der Waals surface area contributed by atoms with Gasteiger partial charge in [0.25, 0.3) is 0 Å². The summed E-state index contributed by atoms with van der Waals surface area (Å²) >= 11 is 12.2. The maximum Gasteiger partial charge on any atom is 0.431 e. The Labute approximate surface area is 190 Å². The van der Waals surface area contributed by atoms with Crippen LogP contribution < -0.4 is 5.32 Å². The number of morpholine rings is 1. The van der Waals surface area contributed by atoms with E-state index in [4.69, 9.17) is 32.7 Å². The molecule has 1 aromatic carbocycles. The molecule has 1 unspecified atom stereocenters. The van der Waals surface area contributed by atoms with Crippen molar-refractivity contribution in [3.05, 3.63) is 57.2 Å². The summed E-state index contributed by atoms with van der Waals surface area (Å²) in [5, 5.41) is 4.20. The minimum absolute atomic E-state index is 0.0595. The van der Waals surface area contributed by atoms with E-state index in [1.165, 1.54) is 11.9 Å². The number of ether oxygens (including phenoxy) is 2. The first-order valence-corrected chi connectivity index (χ1v) is 10.7. The van der Waals surface area contributed by atoms with E-state index in [2.05, 4.69) is 10.2 Å². The van der Waals surface area contributed by atoms with E-state index >= 15 is 0 Å². The number of benzene rings is 1. The zero-order valence-electron chi connectivity index (χ0n) is 17.2. The molecule has 10 heteroatoms. The number of nitrogens with zero attached hydrogens (tertiary/aromatic N) is 2. The van der Waals surface area contributed by atoms with Crippen LogP contribution in [0.25, 0.3) is 0 Å². The van der Waals surface area contributed by atoms with Crippen molar-refractivity contribution < 1.29 is 22.6 Å². The third-order valence-electron chi connectivity index (χ3n) is 5.32. The Bertz CT molecular complexity index is 812. The summed E-state index contributed by atoms with van der Waals surface area (Å²) in [5.41, 5.74) is 1.08. The number of nitrogens with one attached hydrogen (secondary N) is 1. The third-order valence-corrected chi connectivity index (χ3v) is 6.18. The van der Waals surface area contributed by atoms with Crippen LogP contribution in [0.3, 0.4) is 0 Å². The Kier molecular flexibility index (Phi) is 8.66. The second kappa shape index (κ2) is 11.0. The van der Waals surface area contributed by atoms with Crippen LogP contribution in [0.15, 0.2) is 41.6 Å². The van der Waals surface area contributed by atoms with Gasteiger partial charge in [-0.3, -0.25) is 10.2 Å². The molecular formula is C21H26Cl2F3N3O2. The van der Waals surface area contributed by atoms with Crippen LogP contribution in [-0.4, -0.2) is 75.2 Å². The van der Waals surface area contributed by atoms with Crippen molar-refractivity contribution in [2.24, 2.45) is 0 Å². The largest absolute Gasteiger partial charge is 0.431 e. The van der Waals surface area contributed by atoms with Crippen LogP contribution in [0, 0.1) is 0 Å². The van der Waals surface area contributed by atoms with E-state index in [-0.39, 0.29) is 19.3 Å². The predicted octanol–water partition coefficient (Wildman–Crippen LogP) is 4.08. The summed E-state index contributed by atoms with van der Waals surface area (Å²) in [6.45, 7) is 3.99. The molecule has 0 saturated carbocycles. The standard InChI is InChI=1S/C21H26Cl2F3N3O2/c1-28-12-15(5-6-19(28)21(24,25)26)18(29-7-9-30-10-8-29)11-27-14-31-13-16-3-2-4-17(22)20(16)23/h2-6,18,27H,7-14H2,1H3. The molecule has 1 aromatic rings. The van der Waals surface area contributed by atoms with Gasteiger partial charge < -0.3 is 14.4 Å². The minimum atomic E-state index is -4.36. The van der Waals surface area contributed by atoms with E-state index in [1.54, 1.807) is 12.1 Å². The average Bonchev–Trinajstić information content (AvgIpc) is 2.73. The molecule has 1 N–H and O–H groups in total. The van der Waals surface area contributed by atoms with Gasteiger partial charge in [0.1, 0.15) is 5.70 Å². The third kappa shape index (κ3) is 6.60. The van der Waals surface area contributed by atoms with Crippen LogP contribution >= 0.6 is 23.2 Å². The molecule has 0 radical (unpaired) electrons. The van der Waals surface area contributed by atoms with Crippen molar-refractivity contribution in [3.8, 4) is 0 Å². The zero-order chi connectivity index (χ0) is 22.4. The van der Waals surface area contributed by atoms with Gasteiger partial charge in [-0.05, 0) is 23.3 Å². The number of allylic oxidation sites excluding steroid dienone is 3. The van der Waals surface area contributed by atoms with Gasteiger partial charge in [0.2, 0.25) is 0 Å². The quantitative estimate of drug-likeness (QED) is 0.449. The van der Waals surface area contributed by atoms with Crippen LogP contribution in [-0.2, 0) is 16.1 Å². The lowest BCUT2D eigenvalue weighted by atomic mass is 10.0. The highest BCUT2D eigenvalue weighted by Crippen LogP contribution is 2.31. The van der Waals surface area contributed by atoms with Gasteiger partial charge in [0.05, 0.1) is 36.6 Å². The van der Waals surface area contributed by atoms with E-state index < -0.39 is 11.9 Å². The number of likely N-dealkylation sites (N-methyl/N-ethyl adjacent to an activating group) is 1. The zero-order valence-corrected chi connectivity index (χ0v) is 18.7. The van der Waals surface area contributed by atoms with Crippen molar-refractivity contribution in [1.82, 2.24) is 15.1 Å². The maximum absolute atomic E-state index is 13.1. The lowest BCUT2D eigenvalue weighted by molar-refractivity contribution is -0.109. The lowest BCUT2D eigenvalue weighted by Crippen LogP contribution is -2.51. The van der Waals surface area contributed by atoms with Gasteiger partial charge in [-0.2, -0.15) is 13.2 Å². The number of alkyl halides is 3. The first kappa shape index (κ1) is 24.4. The topological polar surface area (TPSA) is 37.0 Å². The Morgan fingerprint density at radius 1 is 1.19 bits per heavy atom. The van der Waals surface area contributed by atoms with E-state index in [1.807, 2.05) is 12.1 Å². The molecule has 0 aromatic heterocycles. The lowest BCUT2D eigenvalue weighted by Gasteiger charge is -2.39. The van der Waals surface area contributed by atoms with Crippen molar-refractivity contribution >= 4 is 23.2 Å². The smallest absolute Gasteiger partial charge is 0.379 e. The van der Waals surface area contributed by atoms with E-state index in [9.17, 15) is 13.2 Å². The molecule has 31 heavy (non-hydrogen) atoms. The first-order chi connectivity index (χ1) is 14.8. The average molecular weight is 480 g/mol. The summed E-state index contributed by atoms with van der Waals surface area (Å²) in [4.78, 5) is 3.48. The van der Waals surface area contributed by atoms with Crippen molar-refractivity contribution in [1.29, 1.82) is 0 Å². The molecule has 1 saturated heterocycles. The SMILES string of the molecule is CN1CC(C(CNCOCc2cccc(Cl)c2Cl)N2CCOCC2)=CC=C1C(F)(F)F. The molecule has 2 aliphatic heterocycles. The van der Waals surface area contributed by atoms with Gasteiger partial charge in [0.15, 0.2) is 0 Å². The van der Waals surface area contributed by atoms with Crippen LogP contribution in [0.4, 0.5) is 13.2 Å². The van der Waals surface area contributed by atoms with Gasteiger partial charge in [-0.1, -0.05) is 41.4 Å². The van der Waals surface area contributed by atoms with Crippen LogP contribution in [0.5, 0.6) is 0 Å². The minimum Gasteiger partial charge on any atom is -0.379 e. The van der Waals surface area contributed by atoms with Crippen LogP contribution in [0.2, 0.25) is 10.0 Å². The summed E-state index contributed by atoms with van der Waals surface area (Å²) in [7, 11) is 1.47. The van der Waals surface area contributed by atoms with Gasteiger partial charge >= 0.3 is 6.18 Å². The van der Waals surface area contributed by atoms with Crippen molar-refractivity contribution in [3.63, 3.8) is 0 Å². The monoisotopic (exact) mass is 479 g/mol. The molecule has 1 fully saturated rings. The molecule has 5 nitrogen and oxygen atoms in total. The predicted molar refractivity (Wildman–Crippen MR) is 115 cm³/mol. The number of hydrogen-bond donors (Lipinski definition) is 1. The maximum atomic E-state index is 13.1. The molecule has 1 atom stereocenters. The summed E-state index contributed by atoms with van der Waals surface area (Å²) in [6.07, 6.45) is -1.61. The number of hydrogen-bond acceptors (Lipinski definition) is 5. The molecule has 3 rings (SSSR count). The van der Waals surface area contributed by atoms with Crippen LogP contribution in [0.1, 0.15) is 5.56 Å². The highest BCUT2D eigenvalue weighted by atomic mass is 35.5. The fourth-order valence-corrected chi connectivity index (χ4v) is 4.10. The molecule has 2 aliphatic rings. The number of halogens is 5. The van der Waals surface area contributed by atoms with Gasteiger partial charge in [-0.25, -0.2) is 0 Å². The van der Waals surface area contributed by atoms with E-state index in [0.717, 1.165) is 30.3 Å². The molecule has 0 amide bonds. The van der Waals surface area contributed by atoms with Crippen molar-refractivity contribution in [2.75, 3.05) is 53.2 Å². The molecule has 0 spiro atoms. The van der Waals surface area contributed by atoms with Crippen molar-refractivity contribution in [2.45, 2.75) is 18.8 Å². The Hall–Kier alpha value is -1.29. The molecular weight excluding hydrogens is 454 g/mol. The highest BCUT2D eigenvalue weighted by molar-refractivity contribution is 6.42. The fraction of sp³-hybridized carbons (Fsp3) is 0.524. The highest BCUT2D eigenvalue weighted by Gasteiger charge is 2.38. The Balaban J connectivity index is 1.60. The van der Waals surface area contributed by atoms with Gasteiger partial charge in [0, 0.05) is 39.3 Å². The summed E-state index contributed by atoms with van der Waals surface area (Å²) < 4.78 is 50.5. The Morgan fingerprint density at radius 2 is 1.94 bits per heavy atom. The summed E-state index contributed by atoms with van der Waals surface area (Å²) in [6, 6.07) is 5.31. The second-order valence-corrected chi connectivity index (χ2v) is 8.26. The van der Waals surface area contributed by atoms with E-state index in [0.29, 0.717) is 36.4 Å². The molecule has 172 valence electrons. The molecule has 0 bridgehead atoms. The fourth-order valence-electron chi connectivity index (χ4n) is 3.72. The molecule has 2 heterocycles. The number of rotatable bonds is 8.